The highest BCUT2D eigenvalue weighted by Crippen LogP contribution is 2.17. The van der Waals surface area contributed by atoms with Crippen molar-refractivity contribution in [2.45, 2.75) is 13.5 Å². The van der Waals surface area contributed by atoms with Crippen LogP contribution in [-0.4, -0.2) is 30.2 Å². The molecule has 1 aromatic carbocycles. The van der Waals surface area contributed by atoms with Gasteiger partial charge < -0.3 is 5.11 Å². The fraction of sp³-hybridized carbons (Fsp3) is 0.455. The molecule has 0 aliphatic rings. The van der Waals surface area contributed by atoms with Crippen molar-refractivity contribution in [2.75, 3.05) is 20.2 Å². The molecule has 0 saturated heterocycles. The second-order valence-electron chi connectivity index (χ2n) is 3.51. The van der Waals surface area contributed by atoms with Gasteiger partial charge in [0.05, 0.1) is 6.61 Å². The van der Waals surface area contributed by atoms with Crippen molar-refractivity contribution >= 4 is 22.6 Å². The van der Waals surface area contributed by atoms with E-state index in [1.807, 2.05) is 7.05 Å². The van der Waals surface area contributed by atoms with Gasteiger partial charge in [0.1, 0.15) is 0 Å². The van der Waals surface area contributed by atoms with Gasteiger partial charge in [0.2, 0.25) is 0 Å². The maximum absolute atomic E-state index is 8.80. The Morgan fingerprint density at radius 1 is 1.43 bits per heavy atom. The first kappa shape index (κ1) is 11.9. The van der Waals surface area contributed by atoms with Crippen LogP contribution in [0.15, 0.2) is 18.2 Å². The number of rotatable bonds is 4. The molecule has 14 heavy (non-hydrogen) atoms. The number of aryl methyl sites for hydroxylation is 1. The van der Waals surface area contributed by atoms with E-state index in [9.17, 15) is 0 Å². The maximum atomic E-state index is 8.80. The standard InChI is InChI=1S/C11H16INO/c1-9-4-3-5-10(11(9)12)8-13(2)6-7-14/h3-5,14H,6-8H2,1-2H3. The molecule has 0 unspecified atom stereocenters. The van der Waals surface area contributed by atoms with Gasteiger partial charge in [0.25, 0.3) is 0 Å². The quantitative estimate of drug-likeness (QED) is 0.861. The average Bonchev–Trinajstić information content (AvgIpc) is 2.13. The Morgan fingerprint density at radius 2 is 2.14 bits per heavy atom. The predicted octanol–water partition coefficient (Wildman–Crippen LogP) is 2.02. The molecule has 0 spiro atoms. The second kappa shape index (κ2) is 5.68. The zero-order valence-corrected chi connectivity index (χ0v) is 10.8. The molecule has 0 aromatic heterocycles. The third-order valence-corrected chi connectivity index (χ3v) is 3.74. The molecule has 1 rings (SSSR count). The third-order valence-electron chi connectivity index (χ3n) is 2.19. The van der Waals surface area contributed by atoms with Crippen LogP contribution < -0.4 is 0 Å². The Morgan fingerprint density at radius 3 is 2.79 bits per heavy atom. The predicted molar refractivity (Wildman–Crippen MR) is 67.3 cm³/mol. The summed E-state index contributed by atoms with van der Waals surface area (Å²) in [5.74, 6) is 0. The van der Waals surface area contributed by atoms with E-state index in [-0.39, 0.29) is 6.61 Å². The fourth-order valence-electron chi connectivity index (χ4n) is 1.37. The number of benzene rings is 1. The second-order valence-corrected chi connectivity index (χ2v) is 4.59. The van der Waals surface area contributed by atoms with Crippen LogP contribution >= 0.6 is 22.6 Å². The lowest BCUT2D eigenvalue weighted by molar-refractivity contribution is 0.217. The van der Waals surface area contributed by atoms with Crippen molar-refractivity contribution < 1.29 is 5.11 Å². The number of likely N-dealkylation sites (N-methyl/N-ethyl adjacent to an activating group) is 1. The van der Waals surface area contributed by atoms with Crippen LogP contribution in [0.25, 0.3) is 0 Å². The smallest absolute Gasteiger partial charge is 0.0558 e. The van der Waals surface area contributed by atoms with Gasteiger partial charge in [0, 0.05) is 16.7 Å². The first-order chi connectivity index (χ1) is 6.65. The maximum Gasteiger partial charge on any atom is 0.0558 e. The van der Waals surface area contributed by atoms with E-state index in [0.29, 0.717) is 0 Å². The van der Waals surface area contributed by atoms with Crippen LogP contribution in [0.2, 0.25) is 0 Å². The number of hydrogen-bond acceptors (Lipinski definition) is 2. The summed E-state index contributed by atoms with van der Waals surface area (Å²) in [6.45, 7) is 3.97. The summed E-state index contributed by atoms with van der Waals surface area (Å²) in [6.07, 6.45) is 0. The van der Waals surface area contributed by atoms with E-state index in [1.54, 1.807) is 0 Å². The summed E-state index contributed by atoms with van der Waals surface area (Å²) in [5.41, 5.74) is 2.65. The number of halogens is 1. The van der Waals surface area contributed by atoms with Crippen molar-refractivity contribution in [3.63, 3.8) is 0 Å². The molecular weight excluding hydrogens is 289 g/mol. The van der Waals surface area contributed by atoms with Gasteiger partial charge in [0.15, 0.2) is 0 Å². The van der Waals surface area contributed by atoms with E-state index in [4.69, 9.17) is 5.11 Å². The van der Waals surface area contributed by atoms with Crippen molar-refractivity contribution in [1.29, 1.82) is 0 Å². The van der Waals surface area contributed by atoms with E-state index in [0.717, 1.165) is 13.1 Å². The molecule has 0 fully saturated rings. The lowest BCUT2D eigenvalue weighted by Gasteiger charge is -2.16. The first-order valence-electron chi connectivity index (χ1n) is 4.68. The SMILES string of the molecule is Cc1cccc(CN(C)CCO)c1I. The highest BCUT2D eigenvalue weighted by atomic mass is 127. The summed E-state index contributed by atoms with van der Waals surface area (Å²) >= 11 is 2.38. The summed E-state index contributed by atoms with van der Waals surface area (Å²) < 4.78 is 1.33. The first-order valence-corrected chi connectivity index (χ1v) is 5.76. The monoisotopic (exact) mass is 305 g/mol. The number of hydrogen-bond donors (Lipinski definition) is 1. The van der Waals surface area contributed by atoms with Crippen LogP contribution in [0.5, 0.6) is 0 Å². The number of nitrogens with zero attached hydrogens (tertiary/aromatic N) is 1. The Balaban J connectivity index is 2.71. The molecule has 1 N–H and O–H groups in total. The Kier molecular flexibility index (Phi) is 4.84. The normalized spacial score (nSPS) is 10.9. The summed E-state index contributed by atoms with van der Waals surface area (Å²) in [4.78, 5) is 2.12. The summed E-state index contributed by atoms with van der Waals surface area (Å²) in [7, 11) is 2.02. The molecular formula is C11H16INO. The van der Waals surface area contributed by atoms with Gasteiger partial charge in [-0.05, 0) is 47.7 Å². The molecule has 0 atom stereocenters. The van der Waals surface area contributed by atoms with Gasteiger partial charge in [-0.1, -0.05) is 18.2 Å². The lowest BCUT2D eigenvalue weighted by Crippen LogP contribution is -2.22. The minimum absolute atomic E-state index is 0.221. The summed E-state index contributed by atoms with van der Waals surface area (Å²) in [6, 6.07) is 6.35. The number of aliphatic hydroxyl groups excluding tert-OH is 1. The average molecular weight is 305 g/mol. The van der Waals surface area contributed by atoms with Gasteiger partial charge in [-0.15, -0.1) is 0 Å². The van der Waals surface area contributed by atoms with Gasteiger partial charge in [-0.25, -0.2) is 0 Å². The lowest BCUT2D eigenvalue weighted by atomic mass is 10.1. The van der Waals surface area contributed by atoms with E-state index in [2.05, 4.69) is 52.6 Å². The van der Waals surface area contributed by atoms with Crippen molar-refractivity contribution in [3.05, 3.63) is 32.9 Å². The van der Waals surface area contributed by atoms with Crippen LogP contribution in [0, 0.1) is 10.5 Å². The van der Waals surface area contributed by atoms with Crippen LogP contribution in [-0.2, 0) is 6.54 Å². The van der Waals surface area contributed by atoms with Crippen LogP contribution in [0.3, 0.4) is 0 Å². The Hall–Kier alpha value is -0.130. The Labute approximate surface area is 99.1 Å². The molecule has 0 saturated carbocycles. The highest BCUT2D eigenvalue weighted by molar-refractivity contribution is 14.1. The molecule has 78 valence electrons. The molecule has 0 radical (unpaired) electrons. The molecule has 0 aliphatic heterocycles. The zero-order chi connectivity index (χ0) is 10.6. The van der Waals surface area contributed by atoms with Gasteiger partial charge in [-0.2, -0.15) is 0 Å². The fourth-order valence-corrected chi connectivity index (χ4v) is 1.90. The molecule has 0 aliphatic carbocycles. The molecule has 0 bridgehead atoms. The third kappa shape index (κ3) is 3.22. The van der Waals surface area contributed by atoms with Gasteiger partial charge >= 0.3 is 0 Å². The van der Waals surface area contributed by atoms with Crippen molar-refractivity contribution in [3.8, 4) is 0 Å². The van der Waals surface area contributed by atoms with E-state index in [1.165, 1.54) is 14.7 Å². The minimum Gasteiger partial charge on any atom is -0.395 e. The zero-order valence-electron chi connectivity index (χ0n) is 8.63. The molecule has 3 heteroatoms. The minimum atomic E-state index is 0.221. The molecule has 1 aromatic rings. The largest absolute Gasteiger partial charge is 0.395 e. The van der Waals surface area contributed by atoms with E-state index >= 15 is 0 Å². The molecule has 0 amide bonds. The van der Waals surface area contributed by atoms with Gasteiger partial charge in [-0.3, -0.25) is 4.90 Å². The molecule has 2 nitrogen and oxygen atoms in total. The topological polar surface area (TPSA) is 23.5 Å². The number of aliphatic hydroxyl groups is 1. The molecule has 0 heterocycles. The van der Waals surface area contributed by atoms with Crippen LogP contribution in [0.4, 0.5) is 0 Å². The van der Waals surface area contributed by atoms with Crippen molar-refractivity contribution in [2.24, 2.45) is 0 Å². The highest BCUT2D eigenvalue weighted by Gasteiger charge is 2.04. The Bertz CT molecular complexity index is 301. The van der Waals surface area contributed by atoms with E-state index < -0.39 is 0 Å². The summed E-state index contributed by atoms with van der Waals surface area (Å²) in [5, 5.41) is 8.80. The van der Waals surface area contributed by atoms with Crippen molar-refractivity contribution in [1.82, 2.24) is 4.90 Å². The van der Waals surface area contributed by atoms with Crippen LogP contribution in [0.1, 0.15) is 11.1 Å².